The van der Waals surface area contributed by atoms with E-state index in [1.54, 1.807) is 0 Å². The van der Waals surface area contributed by atoms with Crippen LogP contribution in [0.3, 0.4) is 0 Å². The van der Waals surface area contributed by atoms with Gasteiger partial charge in [0.2, 0.25) is 0 Å². The van der Waals surface area contributed by atoms with Gasteiger partial charge in [0, 0.05) is 5.56 Å². The van der Waals surface area contributed by atoms with Crippen LogP contribution in [-0.2, 0) is 12.8 Å². The van der Waals surface area contributed by atoms with Crippen LogP contribution in [-0.4, -0.2) is 0 Å². The van der Waals surface area contributed by atoms with Gasteiger partial charge in [-0.2, -0.15) is 0 Å². The zero-order chi connectivity index (χ0) is 15.4. The second-order valence-electron chi connectivity index (χ2n) is 6.99. The van der Waals surface area contributed by atoms with E-state index < -0.39 is 0 Å². The fourth-order valence-electron chi connectivity index (χ4n) is 3.92. The van der Waals surface area contributed by atoms with Crippen LogP contribution < -0.4 is 5.63 Å². The summed E-state index contributed by atoms with van der Waals surface area (Å²) in [6.07, 6.45) is 14.1. The Hall–Kier alpha value is -1.31. The lowest BCUT2D eigenvalue weighted by Crippen LogP contribution is -2.15. The molecule has 0 radical (unpaired) electrons. The Labute approximate surface area is 133 Å². The van der Waals surface area contributed by atoms with Gasteiger partial charge in [0.15, 0.2) is 0 Å². The van der Waals surface area contributed by atoms with Crippen LogP contribution in [0.5, 0.6) is 0 Å². The molecule has 2 heteroatoms. The first-order valence-electron chi connectivity index (χ1n) is 9.10. The molecule has 1 heterocycles. The van der Waals surface area contributed by atoms with E-state index in [1.165, 1.54) is 61.7 Å². The van der Waals surface area contributed by atoms with Crippen molar-refractivity contribution in [3.63, 3.8) is 0 Å². The predicted octanol–water partition coefficient (Wildman–Crippen LogP) is 5.43. The van der Waals surface area contributed by atoms with Crippen molar-refractivity contribution in [3.8, 4) is 0 Å². The van der Waals surface area contributed by atoms with Crippen molar-refractivity contribution in [2.45, 2.75) is 84.0 Å². The molecule has 3 rings (SSSR count). The van der Waals surface area contributed by atoms with E-state index in [4.69, 9.17) is 4.42 Å². The highest BCUT2D eigenvalue weighted by molar-refractivity contribution is 5.65. The maximum atomic E-state index is 12.5. The van der Waals surface area contributed by atoms with E-state index >= 15 is 0 Å². The summed E-state index contributed by atoms with van der Waals surface area (Å²) < 4.78 is 5.76. The van der Waals surface area contributed by atoms with E-state index in [2.05, 4.69) is 13.0 Å². The summed E-state index contributed by atoms with van der Waals surface area (Å²) in [5.74, 6) is 0.865. The van der Waals surface area contributed by atoms with Crippen LogP contribution >= 0.6 is 0 Å². The normalized spacial score (nSPS) is 23.9. The lowest BCUT2D eigenvalue weighted by molar-refractivity contribution is 0.472. The smallest absolute Gasteiger partial charge is 0.339 e. The average Bonchev–Trinajstić information content (AvgIpc) is 2.44. The summed E-state index contributed by atoms with van der Waals surface area (Å²) in [4.78, 5) is 12.5. The van der Waals surface area contributed by atoms with E-state index in [-0.39, 0.29) is 5.63 Å². The lowest BCUT2D eigenvalue weighted by Gasteiger charge is -2.18. The minimum atomic E-state index is -0.0724. The van der Waals surface area contributed by atoms with Crippen LogP contribution in [0, 0.1) is 0 Å². The lowest BCUT2D eigenvalue weighted by atomic mass is 9.90. The number of hydrogen-bond donors (Lipinski definition) is 0. The van der Waals surface area contributed by atoms with Crippen molar-refractivity contribution in [1.82, 2.24) is 0 Å². The fraction of sp³-hybridized carbons (Fsp3) is 0.650. The third-order valence-corrected chi connectivity index (χ3v) is 5.31. The number of hydrogen-bond acceptors (Lipinski definition) is 2. The zero-order valence-electron chi connectivity index (χ0n) is 13.9. The topological polar surface area (TPSA) is 30.2 Å². The number of allylic oxidation sites excluding steroid dienone is 2. The highest BCUT2D eigenvalue weighted by atomic mass is 16.4. The molecule has 0 aliphatic heterocycles. The standard InChI is InChI=1S/C20H28O2/c1-15-10-6-2-4-8-12-17(15)19-14-16-11-7-3-5-9-13-18(16)20(21)22-19/h14H,2-13H2,1H3/b17-15-. The molecule has 2 nitrogen and oxygen atoms in total. The summed E-state index contributed by atoms with van der Waals surface area (Å²) >= 11 is 0. The molecular weight excluding hydrogens is 272 g/mol. The number of rotatable bonds is 1. The zero-order valence-corrected chi connectivity index (χ0v) is 13.9. The van der Waals surface area contributed by atoms with E-state index in [9.17, 15) is 4.79 Å². The monoisotopic (exact) mass is 300 g/mol. The van der Waals surface area contributed by atoms with Crippen LogP contribution in [0.25, 0.3) is 5.57 Å². The Bertz CT molecular complexity index is 607. The average molecular weight is 300 g/mol. The van der Waals surface area contributed by atoms with Gasteiger partial charge in [0.1, 0.15) is 5.76 Å². The third-order valence-electron chi connectivity index (χ3n) is 5.31. The largest absolute Gasteiger partial charge is 0.423 e. The summed E-state index contributed by atoms with van der Waals surface area (Å²) in [6.45, 7) is 2.22. The second kappa shape index (κ2) is 7.30. The molecule has 0 atom stereocenters. The molecule has 0 unspecified atom stereocenters. The van der Waals surface area contributed by atoms with Crippen molar-refractivity contribution in [1.29, 1.82) is 0 Å². The molecular formula is C20H28O2. The van der Waals surface area contributed by atoms with Crippen LogP contribution in [0.4, 0.5) is 0 Å². The Balaban J connectivity index is 2.00. The Morgan fingerprint density at radius 3 is 2.23 bits per heavy atom. The SMILES string of the molecule is C/C1=C(/c2cc3c(c(=O)o2)CCCCCC3)CCCCCC1. The van der Waals surface area contributed by atoms with Crippen molar-refractivity contribution < 1.29 is 4.42 Å². The predicted molar refractivity (Wildman–Crippen MR) is 91.2 cm³/mol. The van der Waals surface area contributed by atoms with Gasteiger partial charge >= 0.3 is 5.63 Å². The molecule has 22 heavy (non-hydrogen) atoms. The highest BCUT2D eigenvalue weighted by Crippen LogP contribution is 2.31. The minimum absolute atomic E-state index is 0.0724. The molecule has 120 valence electrons. The van der Waals surface area contributed by atoms with Crippen LogP contribution in [0.15, 0.2) is 20.9 Å². The quantitative estimate of drug-likeness (QED) is 0.692. The molecule has 1 aromatic rings. The molecule has 0 fully saturated rings. The fourth-order valence-corrected chi connectivity index (χ4v) is 3.92. The van der Waals surface area contributed by atoms with E-state index in [0.29, 0.717) is 0 Å². The molecule has 2 aliphatic carbocycles. The van der Waals surface area contributed by atoms with Gasteiger partial charge in [-0.15, -0.1) is 0 Å². The summed E-state index contributed by atoms with van der Waals surface area (Å²) in [5.41, 5.74) is 4.87. The van der Waals surface area contributed by atoms with Crippen LogP contribution in [0.2, 0.25) is 0 Å². The van der Waals surface area contributed by atoms with Crippen molar-refractivity contribution in [2.75, 3.05) is 0 Å². The third kappa shape index (κ3) is 3.53. The first-order valence-corrected chi connectivity index (χ1v) is 9.10. The number of fused-ring (bicyclic) bond motifs is 1. The first-order chi connectivity index (χ1) is 10.8. The highest BCUT2D eigenvalue weighted by Gasteiger charge is 2.17. The number of aryl methyl sites for hydroxylation is 1. The minimum Gasteiger partial charge on any atom is -0.423 e. The Kier molecular flexibility index (Phi) is 5.17. The van der Waals surface area contributed by atoms with E-state index in [1.807, 2.05) is 0 Å². The molecule has 2 aliphatic rings. The van der Waals surface area contributed by atoms with Gasteiger partial charge in [0.05, 0.1) is 0 Å². The Morgan fingerprint density at radius 1 is 0.818 bits per heavy atom. The van der Waals surface area contributed by atoms with Gasteiger partial charge in [-0.25, -0.2) is 4.79 Å². The maximum absolute atomic E-state index is 12.5. The molecule has 0 saturated heterocycles. The molecule has 0 bridgehead atoms. The molecule has 1 aromatic heterocycles. The van der Waals surface area contributed by atoms with Gasteiger partial charge in [0.25, 0.3) is 0 Å². The van der Waals surface area contributed by atoms with E-state index in [0.717, 1.165) is 43.4 Å². The van der Waals surface area contributed by atoms with Crippen molar-refractivity contribution >= 4 is 5.57 Å². The van der Waals surface area contributed by atoms with Gasteiger partial charge in [-0.1, -0.05) is 31.3 Å². The van der Waals surface area contributed by atoms with Crippen LogP contribution in [0.1, 0.15) is 88.0 Å². The molecule has 0 amide bonds. The van der Waals surface area contributed by atoms with Gasteiger partial charge < -0.3 is 4.42 Å². The molecule has 0 N–H and O–H groups in total. The molecule has 0 aromatic carbocycles. The van der Waals surface area contributed by atoms with Gasteiger partial charge in [-0.05, 0) is 75.5 Å². The summed E-state index contributed by atoms with van der Waals surface area (Å²) in [7, 11) is 0. The summed E-state index contributed by atoms with van der Waals surface area (Å²) in [5, 5.41) is 0. The second-order valence-corrected chi connectivity index (χ2v) is 6.99. The first kappa shape index (κ1) is 15.6. The van der Waals surface area contributed by atoms with Crippen molar-refractivity contribution in [2.24, 2.45) is 0 Å². The van der Waals surface area contributed by atoms with Gasteiger partial charge in [-0.3, -0.25) is 0 Å². The molecule has 0 spiro atoms. The van der Waals surface area contributed by atoms with Crippen molar-refractivity contribution in [3.05, 3.63) is 38.9 Å². The molecule has 0 saturated carbocycles. The Morgan fingerprint density at radius 2 is 1.45 bits per heavy atom. The summed E-state index contributed by atoms with van der Waals surface area (Å²) in [6, 6.07) is 2.20. The maximum Gasteiger partial charge on any atom is 0.339 e.